The first-order valence-electron chi connectivity index (χ1n) is 10.3. The van der Waals surface area contributed by atoms with Crippen LogP contribution in [0, 0.1) is 5.95 Å². The molecule has 0 aliphatic heterocycles. The van der Waals surface area contributed by atoms with Crippen molar-refractivity contribution in [1.29, 1.82) is 0 Å². The van der Waals surface area contributed by atoms with E-state index in [4.69, 9.17) is 5.73 Å². The second-order valence-corrected chi connectivity index (χ2v) is 8.20. The summed E-state index contributed by atoms with van der Waals surface area (Å²) in [4.78, 5) is 24.2. The van der Waals surface area contributed by atoms with Crippen molar-refractivity contribution >= 4 is 22.6 Å². The number of nitrogens with zero attached hydrogens (tertiary/aromatic N) is 4. The Balaban J connectivity index is 1.49. The summed E-state index contributed by atoms with van der Waals surface area (Å²) < 4.78 is 16.9. The van der Waals surface area contributed by atoms with Gasteiger partial charge >= 0.3 is 0 Å². The third-order valence-corrected chi connectivity index (χ3v) is 6.30. The van der Waals surface area contributed by atoms with Crippen LogP contribution in [0.3, 0.4) is 0 Å². The van der Waals surface area contributed by atoms with Gasteiger partial charge in [-0.05, 0) is 54.3 Å². The Bertz CT molecular complexity index is 1520. The van der Waals surface area contributed by atoms with Gasteiger partial charge in [0.1, 0.15) is 0 Å². The van der Waals surface area contributed by atoms with Crippen LogP contribution in [-0.2, 0) is 5.41 Å². The summed E-state index contributed by atoms with van der Waals surface area (Å²) in [6, 6.07) is 17.0. The van der Waals surface area contributed by atoms with Gasteiger partial charge in [0.25, 0.3) is 0 Å². The summed E-state index contributed by atoms with van der Waals surface area (Å²) in [5.41, 5.74) is 9.46. The number of hydrogen-bond donors (Lipinski definition) is 1. The minimum Gasteiger partial charge on any atom is -0.366 e. The fraction of sp³-hybridized carbons (Fsp3) is 0.120. The molecule has 3 heterocycles. The molecule has 0 saturated heterocycles. The van der Waals surface area contributed by atoms with Crippen LogP contribution in [-0.4, -0.2) is 25.3 Å². The molecule has 156 valence electrons. The molecule has 0 unspecified atom stereocenters. The van der Waals surface area contributed by atoms with Crippen LogP contribution in [0.1, 0.15) is 34.5 Å². The van der Waals surface area contributed by atoms with E-state index < -0.39 is 17.3 Å². The topological polar surface area (TPSA) is 86.2 Å². The van der Waals surface area contributed by atoms with Crippen LogP contribution >= 0.6 is 0 Å². The Kier molecular flexibility index (Phi) is 3.89. The summed E-state index contributed by atoms with van der Waals surface area (Å²) in [7, 11) is 0. The molecule has 1 saturated carbocycles. The van der Waals surface area contributed by atoms with E-state index in [2.05, 4.69) is 21.0 Å². The van der Waals surface area contributed by atoms with Crippen molar-refractivity contribution in [3.63, 3.8) is 0 Å². The number of halogens is 1. The first-order valence-corrected chi connectivity index (χ1v) is 10.3. The van der Waals surface area contributed by atoms with Crippen LogP contribution in [0.15, 0.2) is 73.2 Å². The van der Waals surface area contributed by atoms with Crippen LogP contribution in [0.4, 0.5) is 4.39 Å². The number of aromatic nitrogens is 4. The maximum Gasteiger partial charge on any atom is 0.248 e. The Morgan fingerprint density at radius 2 is 1.84 bits per heavy atom. The summed E-state index contributed by atoms with van der Waals surface area (Å²) in [6.07, 6.45) is 6.95. The van der Waals surface area contributed by atoms with Gasteiger partial charge in [0, 0.05) is 40.5 Å². The summed E-state index contributed by atoms with van der Waals surface area (Å²) in [5.74, 6) is -0.656. The number of pyridine rings is 1. The SMILES string of the molecule is NC(=O)c1ccc(-c2cnc3nc(F)c(C4(c5ccc6ncccc6c5)CC4)n3c2)cc1. The first kappa shape index (κ1) is 18.6. The molecule has 7 heteroatoms. The van der Waals surface area contributed by atoms with E-state index in [-0.39, 0.29) is 0 Å². The largest absolute Gasteiger partial charge is 0.366 e. The van der Waals surface area contributed by atoms with Crippen LogP contribution in [0.2, 0.25) is 0 Å². The van der Waals surface area contributed by atoms with Gasteiger partial charge in [0.15, 0.2) is 0 Å². The Morgan fingerprint density at radius 3 is 2.59 bits per heavy atom. The molecule has 6 rings (SSSR count). The Hall–Kier alpha value is -4.13. The van der Waals surface area contributed by atoms with Gasteiger partial charge in [-0.2, -0.15) is 9.37 Å². The third-order valence-electron chi connectivity index (χ3n) is 6.30. The maximum absolute atomic E-state index is 15.2. The first-order chi connectivity index (χ1) is 15.5. The van der Waals surface area contributed by atoms with E-state index in [0.29, 0.717) is 17.0 Å². The molecule has 0 radical (unpaired) electrons. The predicted octanol–water partition coefficient (Wildman–Crippen LogP) is 4.26. The number of hydrogen-bond acceptors (Lipinski definition) is 4. The molecule has 6 nitrogen and oxygen atoms in total. The smallest absolute Gasteiger partial charge is 0.248 e. The second kappa shape index (κ2) is 6.68. The van der Waals surface area contributed by atoms with Crippen molar-refractivity contribution in [1.82, 2.24) is 19.4 Å². The number of rotatable bonds is 4. The highest BCUT2D eigenvalue weighted by atomic mass is 19.1. The molecule has 2 N–H and O–H groups in total. The van der Waals surface area contributed by atoms with Crippen LogP contribution in [0.5, 0.6) is 0 Å². The number of imidazole rings is 1. The molecular weight excluding hydrogens is 405 g/mol. The molecule has 1 aliphatic carbocycles. The van der Waals surface area contributed by atoms with Crippen molar-refractivity contribution in [3.05, 3.63) is 96.0 Å². The fourth-order valence-electron chi connectivity index (χ4n) is 4.47. The number of primary amides is 1. The van der Waals surface area contributed by atoms with Crippen molar-refractivity contribution < 1.29 is 9.18 Å². The molecule has 2 aromatic carbocycles. The normalized spacial score (nSPS) is 14.7. The fourth-order valence-corrected chi connectivity index (χ4v) is 4.47. The second-order valence-electron chi connectivity index (χ2n) is 8.20. The lowest BCUT2D eigenvalue weighted by Crippen LogP contribution is -2.14. The average Bonchev–Trinajstić information content (AvgIpc) is 3.54. The van der Waals surface area contributed by atoms with Crippen molar-refractivity contribution in [3.8, 4) is 11.1 Å². The zero-order chi connectivity index (χ0) is 21.9. The number of carbonyl (C=O) groups excluding carboxylic acids is 1. The molecule has 0 atom stereocenters. The van der Waals surface area contributed by atoms with Crippen molar-refractivity contribution in [2.45, 2.75) is 18.3 Å². The lowest BCUT2D eigenvalue weighted by atomic mass is 9.91. The molecule has 32 heavy (non-hydrogen) atoms. The minimum atomic E-state index is -0.498. The van der Waals surface area contributed by atoms with E-state index in [1.807, 2.05) is 30.5 Å². The van der Waals surface area contributed by atoms with E-state index >= 15 is 4.39 Å². The highest BCUT2D eigenvalue weighted by Crippen LogP contribution is 2.54. The Labute approximate surface area is 182 Å². The molecule has 0 bridgehead atoms. The van der Waals surface area contributed by atoms with Crippen molar-refractivity contribution in [2.24, 2.45) is 5.73 Å². The third kappa shape index (κ3) is 2.78. The lowest BCUT2D eigenvalue weighted by molar-refractivity contribution is 0.100. The van der Waals surface area contributed by atoms with Gasteiger partial charge in [-0.1, -0.05) is 24.3 Å². The highest BCUT2D eigenvalue weighted by molar-refractivity contribution is 5.93. The Morgan fingerprint density at radius 1 is 1.03 bits per heavy atom. The predicted molar refractivity (Wildman–Crippen MR) is 119 cm³/mol. The molecule has 1 amide bonds. The maximum atomic E-state index is 15.2. The number of nitrogens with two attached hydrogens (primary N) is 1. The van der Waals surface area contributed by atoms with E-state index in [1.54, 1.807) is 41.1 Å². The van der Waals surface area contributed by atoms with E-state index in [0.717, 1.165) is 40.4 Å². The summed E-state index contributed by atoms with van der Waals surface area (Å²) in [6.45, 7) is 0. The molecule has 1 fully saturated rings. The van der Waals surface area contributed by atoms with E-state index in [1.165, 1.54) is 0 Å². The standard InChI is InChI=1S/C25H18FN5O/c26-22-21(25(9-10-25)19-7-8-20-17(12-19)2-1-11-28-20)31-14-18(13-29-24(31)30-22)15-3-5-16(6-4-15)23(27)32/h1-8,11-14H,9-10H2,(H2,27,32). The van der Waals surface area contributed by atoms with E-state index in [9.17, 15) is 4.79 Å². The molecule has 5 aromatic rings. The van der Waals surface area contributed by atoms with Gasteiger partial charge < -0.3 is 5.73 Å². The summed E-state index contributed by atoms with van der Waals surface area (Å²) in [5, 5.41) is 1.03. The summed E-state index contributed by atoms with van der Waals surface area (Å²) >= 11 is 0. The van der Waals surface area contributed by atoms with Crippen LogP contribution in [0.25, 0.3) is 27.8 Å². The molecule has 0 spiro atoms. The zero-order valence-corrected chi connectivity index (χ0v) is 17.0. The minimum absolute atomic E-state index is 0.323. The van der Waals surface area contributed by atoms with Gasteiger partial charge in [-0.15, -0.1) is 0 Å². The van der Waals surface area contributed by atoms with Gasteiger partial charge in [-0.25, -0.2) is 4.98 Å². The lowest BCUT2D eigenvalue weighted by Gasteiger charge is -2.17. The molecule has 1 aliphatic rings. The number of benzene rings is 2. The quantitative estimate of drug-likeness (QED) is 0.468. The van der Waals surface area contributed by atoms with Gasteiger partial charge in [0.05, 0.1) is 11.2 Å². The average molecular weight is 423 g/mol. The molecule has 3 aromatic heterocycles. The zero-order valence-electron chi connectivity index (χ0n) is 17.0. The number of carbonyl (C=O) groups is 1. The number of fused-ring (bicyclic) bond motifs is 2. The van der Waals surface area contributed by atoms with Gasteiger partial charge in [0.2, 0.25) is 17.6 Å². The van der Waals surface area contributed by atoms with Crippen molar-refractivity contribution in [2.75, 3.05) is 0 Å². The van der Waals surface area contributed by atoms with Crippen LogP contribution < -0.4 is 5.73 Å². The number of amides is 1. The molecular formula is C25H18FN5O. The highest BCUT2D eigenvalue weighted by Gasteiger charge is 2.50. The monoisotopic (exact) mass is 423 g/mol. The van der Waals surface area contributed by atoms with Gasteiger partial charge in [-0.3, -0.25) is 14.2 Å².